The van der Waals surface area contributed by atoms with E-state index >= 15 is 0 Å². The molecule has 1 saturated heterocycles. The van der Waals surface area contributed by atoms with E-state index in [9.17, 15) is 0 Å². The summed E-state index contributed by atoms with van der Waals surface area (Å²) in [4.78, 5) is 6.66. The maximum atomic E-state index is 4.68. The third-order valence-electron chi connectivity index (χ3n) is 5.97. The first kappa shape index (κ1) is 18.9. The Balaban J connectivity index is 1.47. The number of hydrogen-bond donors (Lipinski definition) is 0. The third-order valence-corrected chi connectivity index (χ3v) is 5.97. The van der Waals surface area contributed by atoms with Crippen molar-refractivity contribution in [3.8, 4) is 0 Å². The van der Waals surface area contributed by atoms with E-state index in [4.69, 9.17) is 0 Å². The van der Waals surface area contributed by atoms with E-state index in [0.29, 0.717) is 12.5 Å². The Morgan fingerprint density at radius 3 is 2.75 bits per heavy atom. The SMILES string of the molecule is CCn1nc(C)c(CN2CCC[C@@H](c3nnc(Cn4ccnc4)n3C)C2)c1C. The summed E-state index contributed by atoms with van der Waals surface area (Å²) in [5, 5.41) is 13.7. The third kappa shape index (κ3) is 3.61. The number of likely N-dealkylation sites (tertiary alicyclic amines) is 1. The van der Waals surface area contributed by atoms with Gasteiger partial charge in [-0.2, -0.15) is 5.10 Å². The van der Waals surface area contributed by atoms with Crippen LogP contribution in [-0.2, 0) is 26.7 Å². The average Bonchev–Trinajstić information content (AvgIpc) is 3.40. The highest BCUT2D eigenvalue weighted by Gasteiger charge is 2.27. The molecule has 28 heavy (non-hydrogen) atoms. The summed E-state index contributed by atoms with van der Waals surface area (Å²) in [6, 6.07) is 0. The molecule has 1 aliphatic rings. The van der Waals surface area contributed by atoms with E-state index in [2.05, 4.69) is 62.2 Å². The maximum absolute atomic E-state index is 4.68. The maximum Gasteiger partial charge on any atom is 0.152 e. The largest absolute Gasteiger partial charge is 0.330 e. The Kier molecular flexibility index (Phi) is 5.30. The molecule has 3 aromatic rings. The molecule has 4 rings (SSSR count). The Morgan fingerprint density at radius 2 is 2.04 bits per heavy atom. The Labute approximate surface area is 166 Å². The Morgan fingerprint density at radius 1 is 1.18 bits per heavy atom. The van der Waals surface area contributed by atoms with E-state index in [1.54, 1.807) is 6.20 Å². The fourth-order valence-electron chi connectivity index (χ4n) is 4.32. The van der Waals surface area contributed by atoms with E-state index in [-0.39, 0.29) is 0 Å². The monoisotopic (exact) mass is 382 g/mol. The molecule has 0 aliphatic carbocycles. The van der Waals surface area contributed by atoms with Crippen molar-refractivity contribution < 1.29 is 0 Å². The molecular formula is C20H30N8. The topological polar surface area (TPSA) is 69.6 Å². The van der Waals surface area contributed by atoms with Crippen LogP contribution in [0.4, 0.5) is 0 Å². The zero-order valence-corrected chi connectivity index (χ0v) is 17.3. The summed E-state index contributed by atoms with van der Waals surface area (Å²) in [6.07, 6.45) is 7.92. The van der Waals surface area contributed by atoms with Gasteiger partial charge in [0.25, 0.3) is 0 Å². The van der Waals surface area contributed by atoms with Crippen LogP contribution in [0.3, 0.4) is 0 Å². The highest BCUT2D eigenvalue weighted by molar-refractivity contribution is 5.24. The zero-order chi connectivity index (χ0) is 19.7. The lowest BCUT2D eigenvalue weighted by atomic mass is 9.96. The zero-order valence-electron chi connectivity index (χ0n) is 17.3. The smallest absolute Gasteiger partial charge is 0.152 e. The van der Waals surface area contributed by atoms with Crippen LogP contribution >= 0.6 is 0 Å². The minimum Gasteiger partial charge on any atom is -0.330 e. The Hall–Kier alpha value is -2.48. The molecule has 0 spiro atoms. The highest BCUT2D eigenvalue weighted by Crippen LogP contribution is 2.28. The van der Waals surface area contributed by atoms with E-state index < -0.39 is 0 Å². The molecular weight excluding hydrogens is 352 g/mol. The molecule has 0 amide bonds. The lowest BCUT2D eigenvalue weighted by Crippen LogP contribution is -2.35. The molecule has 3 aromatic heterocycles. The van der Waals surface area contributed by atoms with Crippen LogP contribution in [0.25, 0.3) is 0 Å². The second-order valence-electron chi connectivity index (χ2n) is 7.81. The molecule has 8 nitrogen and oxygen atoms in total. The van der Waals surface area contributed by atoms with Crippen molar-refractivity contribution in [3.63, 3.8) is 0 Å². The second kappa shape index (κ2) is 7.87. The fraction of sp³-hybridized carbons (Fsp3) is 0.600. The lowest BCUT2D eigenvalue weighted by Gasteiger charge is -2.32. The summed E-state index contributed by atoms with van der Waals surface area (Å²) >= 11 is 0. The summed E-state index contributed by atoms with van der Waals surface area (Å²) in [5.41, 5.74) is 3.83. The van der Waals surface area contributed by atoms with Gasteiger partial charge in [0.15, 0.2) is 5.82 Å². The van der Waals surface area contributed by atoms with Gasteiger partial charge in [-0.3, -0.25) is 9.58 Å². The number of nitrogens with zero attached hydrogens (tertiary/aromatic N) is 8. The highest BCUT2D eigenvalue weighted by atomic mass is 15.3. The van der Waals surface area contributed by atoms with Crippen LogP contribution in [0, 0.1) is 13.8 Å². The van der Waals surface area contributed by atoms with Gasteiger partial charge in [0.2, 0.25) is 0 Å². The number of aromatic nitrogens is 7. The van der Waals surface area contributed by atoms with Gasteiger partial charge < -0.3 is 9.13 Å². The van der Waals surface area contributed by atoms with Gasteiger partial charge in [-0.05, 0) is 40.2 Å². The molecule has 1 atom stereocenters. The predicted octanol–water partition coefficient (Wildman–Crippen LogP) is 2.27. The van der Waals surface area contributed by atoms with Gasteiger partial charge in [0.05, 0.1) is 18.6 Å². The quantitative estimate of drug-likeness (QED) is 0.654. The molecule has 8 heteroatoms. The van der Waals surface area contributed by atoms with Crippen molar-refractivity contribution >= 4 is 0 Å². The van der Waals surface area contributed by atoms with Crippen molar-refractivity contribution in [2.45, 2.75) is 59.2 Å². The molecule has 0 aromatic carbocycles. The van der Waals surface area contributed by atoms with Crippen LogP contribution in [0.2, 0.25) is 0 Å². The van der Waals surface area contributed by atoms with Crippen molar-refractivity contribution in [3.05, 3.63) is 47.3 Å². The van der Waals surface area contributed by atoms with Crippen molar-refractivity contribution in [2.75, 3.05) is 13.1 Å². The van der Waals surface area contributed by atoms with Crippen molar-refractivity contribution in [1.29, 1.82) is 0 Å². The average molecular weight is 383 g/mol. The van der Waals surface area contributed by atoms with Gasteiger partial charge in [-0.1, -0.05) is 0 Å². The normalized spacial score (nSPS) is 18.1. The lowest BCUT2D eigenvalue weighted by molar-refractivity contribution is 0.194. The van der Waals surface area contributed by atoms with Crippen molar-refractivity contribution in [2.24, 2.45) is 7.05 Å². The van der Waals surface area contributed by atoms with Gasteiger partial charge >= 0.3 is 0 Å². The van der Waals surface area contributed by atoms with E-state index in [1.807, 2.05) is 17.1 Å². The molecule has 0 radical (unpaired) electrons. The van der Waals surface area contributed by atoms with Gasteiger partial charge in [-0.25, -0.2) is 4.98 Å². The molecule has 150 valence electrons. The van der Waals surface area contributed by atoms with Crippen LogP contribution in [0.5, 0.6) is 0 Å². The summed E-state index contributed by atoms with van der Waals surface area (Å²) in [5.74, 6) is 2.49. The molecule has 0 N–H and O–H groups in total. The van der Waals surface area contributed by atoms with Gasteiger partial charge in [0, 0.05) is 56.3 Å². The van der Waals surface area contributed by atoms with Crippen LogP contribution in [0.1, 0.15) is 54.3 Å². The molecule has 0 saturated carbocycles. The molecule has 4 heterocycles. The van der Waals surface area contributed by atoms with Gasteiger partial charge in [0.1, 0.15) is 5.82 Å². The molecule has 0 unspecified atom stereocenters. The first-order chi connectivity index (χ1) is 13.6. The molecule has 1 aliphatic heterocycles. The van der Waals surface area contributed by atoms with E-state index in [1.165, 1.54) is 24.1 Å². The van der Waals surface area contributed by atoms with E-state index in [0.717, 1.165) is 43.5 Å². The number of rotatable bonds is 6. The Bertz CT molecular complexity index is 921. The van der Waals surface area contributed by atoms with Crippen LogP contribution in [0.15, 0.2) is 18.7 Å². The molecule has 1 fully saturated rings. The summed E-state index contributed by atoms with van der Waals surface area (Å²) < 4.78 is 6.30. The molecule has 0 bridgehead atoms. The summed E-state index contributed by atoms with van der Waals surface area (Å²) in [7, 11) is 2.08. The number of aryl methyl sites for hydroxylation is 2. The van der Waals surface area contributed by atoms with Crippen LogP contribution in [-0.4, -0.2) is 52.1 Å². The number of hydrogen-bond acceptors (Lipinski definition) is 5. The number of imidazole rings is 1. The summed E-state index contributed by atoms with van der Waals surface area (Å²) in [6.45, 7) is 11.2. The van der Waals surface area contributed by atoms with Crippen LogP contribution < -0.4 is 0 Å². The minimum absolute atomic E-state index is 0.421. The first-order valence-electron chi connectivity index (χ1n) is 10.2. The number of piperidine rings is 1. The second-order valence-corrected chi connectivity index (χ2v) is 7.81. The van der Waals surface area contributed by atoms with Gasteiger partial charge in [-0.15, -0.1) is 10.2 Å². The standard InChI is InChI=1S/C20H30N8/c1-5-28-16(3)18(15(2)24-28)12-26-9-6-7-17(11-26)20-23-22-19(25(20)4)13-27-10-8-21-14-27/h8,10,14,17H,5-7,9,11-13H2,1-4H3/t17-/m1/s1. The first-order valence-corrected chi connectivity index (χ1v) is 10.2. The fourth-order valence-corrected chi connectivity index (χ4v) is 4.32. The van der Waals surface area contributed by atoms with Crippen molar-refractivity contribution in [1.82, 2.24) is 39.0 Å². The minimum atomic E-state index is 0.421. The predicted molar refractivity (Wildman–Crippen MR) is 107 cm³/mol.